The molecule has 5 heteroatoms. The normalized spacial score (nSPS) is 20.9. The lowest BCUT2D eigenvalue weighted by Gasteiger charge is -1.91. The van der Waals surface area contributed by atoms with Gasteiger partial charge >= 0.3 is 0 Å². The molecule has 2 atom stereocenters. The molecule has 4 nitrogen and oxygen atoms in total. The molecule has 0 aromatic heterocycles. The van der Waals surface area contributed by atoms with Crippen molar-refractivity contribution < 1.29 is 17.3 Å². The van der Waals surface area contributed by atoms with E-state index in [-0.39, 0.29) is 12.7 Å². The van der Waals surface area contributed by atoms with E-state index in [1.807, 2.05) is 0 Å². The second-order valence-electron chi connectivity index (χ2n) is 4.38. The zero-order chi connectivity index (χ0) is 14.8. The number of hydrogen-bond donors (Lipinski definition) is 0. The van der Waals surface area contributed by atoms with Gasteiger partial charge in [-0.1, -0.05) is 42.8 Å². The maximum atomic E-state index is 10.6. The summed E-state index contributed by atoms with van der Waals surface area (Å²) in [5.74, 6) is 11.3. The van der Waals surface area contributed by atoms with E-state index in [0.717, 1.165) is 25.5 Å². The molecule has 2 unspecified atom stereocenters. The summed E-state index contributed by atoms with van der Waals surface area (Å²) in [4.78, 5) is 0. The van der Waals surface area contributed by atoms with Crippen molar-refractivity contribution in [2.75, 3.05) is 12.9 Å². The number of allylic oxidation sites excluding steroid dienone is 1. The quantitative estimate of drug-likeness (QED) is 0.325. The monoisotopic (exact) mass is 296 g/mol. The number of ether oxygens (including phenoxy) is 1. The summed E-state index contributed by atoms with van der Waals surface area (Å²) in [7, 11) is -3.40. The maximum absolute atomic E-state index is 10.6. The van der Waals surface area contributed by atoms with Gasteiger partial charge in [0.05, 0.1) is 24.9 Å². The third kappa shape index (κ3) is 8.77. The summed E-state index contributed by atoms with van der Waals surface area (Å²) >= 11 is 0. The van der Waals surface area contributed by atoms with Crippen LogP contribution in [0.1, 0.15) is 32.6 Å². The van der Waals surface area contributed by atoms with E-state index in [1.165, 1.54) is 0 Å². The van der Waals surface area contributed by atoms with Gasteiger partial charge in [-0.2, -0.15) is 8.42 Å². The predicted octanol–water partition coefficient (Wildman–Crippen LogP) is 1.87. The zero-order valence-electron chi connectivity index (χ0n) is 11.9. The molecule has 0 saturated carbocycles. The predicted molar refractivity (Wildman–Crippen MR) is 78.3 cm³/mol. The van der Waals surface area contributed by atoms with Gasteiger partial charge in [0.25, 0.3) is 10.1 Å². The second kappa shape index (κ2) is 8.81. The van der Waals surface area contributed by atoms with E-state index >= 15 is 0 Å². The summed E-state index contributed by atoms with van der Waals surface area (Å²) in [5, 5.41) is 0. The molecule has 1 saturated heterocycles. The fourth-order valence-corrected chi connectivity index (χ4v) is 1.77. The third-order valence-corrected chi connectivity index (χ3v) is 3.08. The van der Waals surface area contributed by atoms with E-state index in [1.54, 1.807) is 0 Å². The van der Waals surface area contributed by atoms with E-state index in [4.69, 9.17) is 4.74 Å². The number of hydrogen-bond acceptors (Lipinski definition) is 4. The van der Waals surface area contributed by atoms with Crippen LogP contribution < -0.4 is 0 Å². The summed E-state index contributed by atoms with van der Waals surface area (Å²) in [6.45, 7) is 1.99. The molecule has 1 aliphatic heterocycles. The maximum Gasteiger partial charge on any atom is 0.265 e. The molecule has 0 amide bonds. The Hall–Kier alpha value is -1.27. The molecule has 20 heavy (non-hydrogen) atoms. The van der Waals surface area contributed by atoms with Crippen molar-refractivity contribution in [3.8, 4) is 23.7 Å². The number of rotatable bonds is 6. The Bertz CT molecular complexity index is 540. The minimum absolute atomic E-state index is 0.113. The Balaban J connectivity index is 2.07. The van der Waals surface area contributed by atoms with Crippen LogP contribution in [0.3, 0.4) is 0 Å². The van der Waals surface area contributed by atoms with Crippen molar-refractivity contribution in [3.05, 3.63) is 12.2 Å². The highest BCUT2D eigenvalue weighted by Gasteiger charge is 2.36. The van der Waals surface area contributed by atoms with Gasteiger partial charge in [0.1, 0.15) is 6.61 Å². The first-order chi connectivity index (χ1) is 9.53. The summed E-state index contributed by atoms with van der Waals surface area (Å²) in [6.07, 6.45) is 9.01. The van der Waals surface area contributed by atoms with Crippen LogP contribution >= 0.6 is 0 Å². The van der Waals surface area contributed by atoms with Crippen molar-refractivity contribution in [1.82, 2.24) is 0 Å². The molecule has 0 aromatic rings. The van der Waals surface area contributed by atoms with Crippen LogP contribution in [0.15, 0.2) is 12.2 Å². The lowest BCUT2D eigenvalue weighted by Crippen LogP contribution is -2.02. The average Bonchev–Trinajstić information content (AvgIpc) is 3.10. The van der Waals surface area contributed by atoms with E-state index in [9.17, 15) is 8.42 Å². The molecule has 0 aliphatic carbocycles. The largest absolute Gasteiger partial charge is 0.368 e. The second-order valence-corrected chi connectivity index (χ2v) is 6.03. The lowest BCUT2D eigenvalue weighted by atomic mass is 10.2. The first-order valence-corrected chi connectivity index (χ1v) is 8.41. The molecular weight excluding hydrogens is 276 g/mol. The van der Waals surface area contributed by atoms with E-state index in [2.05, 4.69) is 46.9 Å². The molecule has 1 rings (SSSR count). The Kier molecular flexibility index (Phi) is 7.40. The topological polar surface area (TPSA) is 55.9 Å². The van der Waals surface area contributed by atoms with Crippen LogP contribution in [0.25, 0.3) is 0 Å². The fourth-order valence-electron chi connectivity index (χ4n) is 1.49. The van der Waals surface area contributed by atoms with Gasteiger partial charge in [0.2, 0.25) is 0 Å². The van der Waals surface area contributed by atoms with Crippen molar-refractivity contribution in [2.45, 2.75) is 44.8 Å². The summed E-state index contributed by atoms with van der Waals surface area (Å²) < 4.78 is 31.2. The zero-order valence-corrected chi connectivity index (χ0v) is 12.7. The lowest BCUT2D eigenvalue weighted by molar-refractivity contribution is 0.367. The minimum Gasteiger partial charge on any atom is -0.368 e. The van der Waals surface area contributed by atoms with Gasteiger partial charge in [0.15, 0.2) is 0 Å². The summed E-state index contributed by atoms with van der Waals surface area (Å²) in [5.41, 5.74) is 0. The van der Waals surface area contributed by atoms with Crippen LogP contribution in [0.5, 0.6) is 0 Å². The smallest absolute Gasteiger partial charge is 0.265 e. The highest BCUT2D eigenvalue weighted by atomic mass is 32.2. The first-order valence-electron chi connectivity index (χ1n) is 6.59. The van der Waals surface area contributed by atoms with Gasteiger partial charge in [-0.05, 0) is 12.8 Å². The van der Waals surface area contributed by atoms with Gasteiger partial charge < -0.3 is 4.74 Å². The fraction of sp³-hybridized carbons (Fsp3) is 0.600. The van der Waals surface area contributed by atoms with Gasteiger partial charge in [-0.3, -0.25) is 4.18 Å². The highest BCUT2D eigenvalue weighted by molar-refractivity contribution is 7.85. The Morgan fingerprint density at radius 2 is 1.90 bits per heavy atom. The molecule has 1 heterocycles. The van der Waals surface area contributed by atoms with Crippen molar-refractivity contribution in [2.24, 2.45) is 0 Å². The molecule has 0 radical (unpaired) electrons. The Labute approximate surface area is 121 Å². The standard InChI is InChI=1S/C15H20O4S/c1-3-4-8-11-14-15(19-14)12-9-6-5-7-10-13-18-20(2,16)17/h4,8,14-15H,3,5,11-13H2,1-2H3/b8-4-. The molecule has 110 valence electrons. The Morgan fingerprint density at radius 1 is 1.15 bits per heavy atom. The van der Waals surface area contributed by atoms with Gasteiger partial charge in [0, 0.05) is 6.42 Å². The van der Waals surface area contributed by atoms with Crippen molar-refractivity contribution in [3.63, 3.8) is 0 Å². The molecule has 0 N–H and O–H groups in total. The highest BCUT2D eigenvalue weighted by Crippen LogP contribution is 2.28. The molecule has 1 fully saturated rings. The number of epoxide rings is 1. The van der Waals surface area contributed by atoms with Crippen LogP contribution in [0.2, 0.25) is 0 Å². The van der Waals surface area contributed by atoms with Gasteiger partial charge in [-0.15, -0.1) is 0 Å². The molecule has 0 spiro atoms. The average molecular weight is 296 g/mol. The SMILES string of the molecule is CC/C=C\CC1OC1CC#CCC#CCOS(C)(=O)=O. The molecular formula is C15H20O4S. The minimum atomic E-state index is -3.40. The van der Waals surface area contributed by atoms with Crippen LogP contribution in [-0.4, -0.2) is 33.5 Å². The Morgan fingerprint density at radius 3 is 2.60 bits per heavy atom. The third-order valence-electron chi connectivity index (χ3n) is 2.53. The van der Waals surface area contributed by atoms with Crippen LogP contribution in [-0.2, 0) is 19.0 Å². The first kappa shape index (κ1) is 16.8. The van der Waals surface area contributed by atoms with E-state index < -0.39 is 10.1 Å². The molecule has 0 bridgehead atoms. The van der Waals surface area contributed by atoms with Crippen LogP contribution in [0, 0.1) is 23.7 Å². The van der Waals surface area contributed by atoms with Crippen molar-refractivity contribution in [1.29, 1.82) is 0 Å². The van der Waals surface area contributed by atoms with Gasteiger partial charge in [-0.25, -0.2) is 0 Å². The molecule has 0 aromatic carbocycles. The van der Waals surface area contributed by atoms with Crippen molar-refractivity contribution >= 4 is 10.1 Å². The summed E-state index contributed by atoms with van der Waals surface area (Å²) in [6, 6.07) is 0. The van der Waals surface area contributed by atoms with E-state index in [0.29, 0.717) is 12.5 Å². The van der Waals surface area contributed by atoms with Crippen LogP contribution in [0.4, 0.5) is 0 Å². The molecule has 1 aliphatic rings.